The van der Waals surface area contributed by atoms with E-state index in [4.69, 9.17) is 4.42 Å². The molecule has 0 amide bonds. The molecule has 0 fully saturated rings. The van der Waals surface area contributed by atoms with Crippen molar-refractivity contribution in [2.45, 2.75) is 13.0 Å². The number of hydrogen-bond donors (Lipinski definition) is 1. The van der Waals surface area contributed by atoms with E-state index in [0.717, 1.165) is 10.9 Å². The standard InChI is InChI=1S/C17H15F2NO/c1-2-20-17(16-13(18)7-5-8-14(16)19)12-10-21-15-9-4-3-6-11(12)15/h3-10,17,20H,2H2,1H3. The first kappa shape index (κ1) is 13.8. The van der Waals surface area contributed by atoms with E-state index >= 15 is 0 Å². The van der Waals surface area contributed by atoms with Gasteiger partial charge >= 0.3 is 0 Å². The molecule has 0 bridgehead atoms. The SMILES string of the molecule is CCNC(c1c(F)cccc1F)c1coc2ccccc12. The highest BCUT2D eigenvalue weighted by Gasteiger charge is 2.24. The molecule has 0 aliphatic carbocycles. The molecule has 1 atom stereocenters. The van der Waals surface area contributed by atoms with Crippen molar-refractivity contribution in [1.82, 2.24) is 5.32 Å². The van der Waals surface area contributed by atoms with Crippen LogP contribution in [0.1, 0.15) is 24.1 Å². The summed E-state index contributed by atoms with van der Waals surface area (Å²) >= 11 is 0. The number of hydrogen-bond acceptors (Lipinski definition) is 2. The zero-order chi connectivity index (χ0) is 14.8. The molecule has 108 valence electrons. The number of para-hydroxylation sites is 1. The smallest absolute Gasteiger partial charge is 0.134 e. The molecule has 0 spiro atoms. The molecule has 1 N–H and O–H groups in total. The molecule has 3 aromatic rings. The second-order valence-electron chi connectivity index (χ2n) is 4.81. The first-order valence-electron chi connectivity index (χ1n) is 6.85. The van der Waals surface area contributed by atoms with Gasteiger partial charge in [0.1, 0.15) is 17.2 Å². The number of nitrogens with one attached hydrogen (secondary N) is 1. The molecule has 0 radical (unpaired) electrons. The molecule has 21 heavy (non-hydrogen) atoms. The van der Waals surface area contributed by atoms with Crippen LogP contribution in [0.15, 0.2) is 53.1 Å². The number of fused-ring (bicyclic) bond motifs is 1. The maximum absolute atomic E-state index is 14.1. The average Bonchev–Trinajstić information content (AvgIpc) is 2.90. The molecule has 1 unspecified atom stereocenters. The average molecular weight is 287 g/mol. The predicted octanol–water partition coefficient (Wildman–Crippen LogP) is 4.41. The van der Waals surface area contributed by atoms with Gasteiger partial charge in [0.05, 0.1) is 12.3 Å². The Morgan fingerprint density at radius 2 is 1.76 bits per heavy atom. The summed E-state index contributed by atoms with van der Waals surface area (Å²) in [5.41, 5.74) is 1.45. The van der Waals surface area contributed by atoms with Crippen molar-refractivity contribution < 1.29 is 13.2 Å². The molecular weight excluding hydrogens is 272 g/mol. The second-order valence-corrected chi connectivity index (χ2v) is 4.81. The Balaban J connectivity index is 2.18. The van der Waals surface area contributed by atoms with Crippen LogP contribution >= 0.6 is 0 Å². The van der Waals surface area contributed by atoms with E-state index in [9.17, 15) is 8.78 Å². The van der Waals surface area contributed by atoms with Gasteiger partial charge < -0.3 is 9.73 Å². The van der Waals surface area contributed by atoms with Crippen LogP contribution in [-0.4, -0.2) is 6.54 Å². The van der Waals surface area contributed by atoms with Crippen molar-refractivity contribution in [1.29, 1.82) is 0 Å². The van der Waals surface area contributed by atoms with Gasteiger partial charge in [0.2, 0.25) is 0 Å². The maximum atomic E-state index is 14.1. The lowest BCUT2D eigenvalue weighted by molar-refractivity contribution is 0.507. The minimum atomic E-state index is -0.583. The van der Waals surface area contributed by atoms with Gasteiger partial charge in [0.15, 0.2) is 0 Å². The minimum Gasteiger partial charge on any atom is -0.464 e. The largest absolute Gasteiger partial charge is 0.464 e. The summed E-state index contributed by atoms with van der Waals surface area (Å²) in [5.74, 6) is -1.13. The van der Waals surface area contributed by atoms with Gasteiger partial charge in [-0.05, 0) is 24.7 Å². The van der Waals surface area contributed by atoms with Gasteiger partial charge in [-0.1, -0.05) is 31.2 Å². The third kappa shape index (κ3) is 2.43. The molecule has 1 aromatic heterocycles. The Morgan fingerprint density at radius 3 is 2.48 bits per heavy atom. The monoisotopic (exact) mass is 287 g/mol. The summed E-state index contributed by atoms with van der Waals surface area (Å²) in [5, 5.41) is 3.99. The zero-order valence-electron chi connectivity index (χ0n) is 11.6. The minimum absolute atomic E-state index is 0.0194. The van der Waals surface area contributed by atoms with Crippen LogP contribution in [-0.2, 0) is 0 Å². The van der Waals surface area contributed by atoms with Crippen molar-refractivity contribution in [2.24, 2.45) is 0 Å². The number of furan rings is 1. The molecule has 4 heteroatoms. The maximum Gasteiger partial charge on any atom is 0.134 e. The molecule has 0 aliphatic heterocycles. The van der Waals surface area contributed by atoms with E-state index in [1.165, 1.54) is 18.2 Å². The van der Waals surface area contributed by atoms with Gasteiger partial charge in [-0.3, -0.25) is 0 Å². The van der Waals surface area contributed by atoms with E-state index in [-0.39, 0.29) is 5.56 Å². The summed E-state index contributed by atoms with van der Waals surface area (Å²) in [6.45, 7) is 2.48. The molecule has 0 aliphatic rings. The van der Waals surface area contributed by atoms with Crippen LogP contribution in [0.2, 0.25) is 0 Å². The second kappa shape index (κ2) is 5.66. The molecule has 1 heterocycles. The quantitative estimate of drug-likeness (QED) is 0.769. The third-order valence-electron chi connectivity index (χ3n) is 3.52. The fourth-order valence-corrected chi connectivity index (χ4v) is 2.58. The highest BCUT2D eigenvalue weighted by molar-refractivity contribution is 5.82. The van der Waals surface area contributed by atoms with Crippen molar-refractivity contribution in [3.63, 3.8) is 0 Å². The van der Waals surface area contributed by atoms with Crippen molar-refractivity contribution in [3.05, 3.63) is 71.5 Å². The van der Waals surface area contributed by atoms with Gasteiger partial charge in [-0.25, -0.2) is 8.78 Å². The summed E-state index contributed by atoms with van der Waals surface area (Å²) in [4.78, 5) is 0. The molecule has 3 rings (SSSR count). The normalized spacial score (nSPS) is 12.7. The topological polar surface area (TPSA) is 25.2 Å². The molecule has 2 aromatic carbocycles. The molecule has 0 saturated heterocycles. The van der Waals surface area contributed by atoms with E-state index in [2.05, 4.69) is 5.32 Å². The van der Waals surface area contributed by atoms with Crippen LogP contribution < -0.4 is 5.32 Å². The van der Waals surface area contributed by atoms with E-state index in [0.29, 0.717) is 12.1 Å². The van der Waals surface area contributed by atoms with Crippen LogP contribution in [0.4, 0.5) is 8.78 Å². The van der Waals surface area contributed by atoms with E-state index in [1.807, 2.05) is 31.2 Å². The highest BCUT2D eigenvalue weighted by Crippen LogP contribution is 2.32. The highest BCUT2D eigenvalue weighted by atomic mass is 19.1. The Morgan fingerprint density at radius 1 is 1.05 bits per heavy atom. The zero-order valence-corrected chi connectivity index (χ0v) is 11.6. The van der Waals surface area contributed by atoms with Crippen LogP contribution in [0, 0.1) is 11.6 Å². The van der Waals surface area contributed by atoms with Crippen molar-refractivity contribution in [2.75, 3.05) is 6.54 Å². The van der Waals surface area contributed by atoms with E-state index in [1.54, 1.807) is 6.26 Å². The van der Waals surface area contributed by atoms with Crippen molar-refractivity contribution >= 4 is 11.0 Å². The summed E-state index contributed by atoms with van der Waals surface area (Å²) < 4.78 is 33.7. The Hall–Kier alpha value is -2.20. The number of rotatable bonds is 4. The fraction of sp³-hybridized carbons (Fsp3) is 0.176. The van der Waals surface area contributed by atoms with Gasteiger partial charge in [-0.2, -0.15) is 0 Å². The van der Waals surface area contributed by atoms with Crippen LogP contribution in [0.3, 0.4) is 0 Å². The van der Waals surface area contributed by atoms with E-state index < -0.39 is 17.7 Å². The lowest BCUT2D eigenvalue weighted by atomic mass is 9.97. The van der Waals surface area contributed by atoms with Crippen LogP contribution in [0.25, 0.3) is 11.0 Å². The lowest BCUT2D eigenvalue weighted by Crippen LogP contribution is -2.24. The fourth-order valence-electron chi connectivity index (χ4n) is 2.58. The van der Waals surface area contributed by atoms with Gasteiger partial charge in [0.25, 0.3) is 0 Å². The van der Waals surface area contributed by atoms with Gasteiger partial charge in [-0.15, -0.1) is 0 Å². The summed E-state index contributed by atoms with van der Waals surface area (Å²) in [6.07, 6.45) is 1.56. The molecular formula is C17H15F2NO. The van der Waals surface area contributed by atoms with Crippen LogP contribution in [0.5, 0.6) is 0 Å². The lowest BCUT2D eigenvalue weighted by Gasteiger charge is -2.18. The number of halogens is 2. The first-order chi connectivity index (χ1) is 10.2. The first-order valence-corrected chi connectivity index (χ1v) is 6.85. The van der Waals surface area contributed by atoms with Gasteiger partial charge in [0, 0.05) is 16.5 Å². The summed E-state index contributed by atoms with van der Waals surface area (Å²) in [7, 11) is 0. The molecule has 2 nitrogen and oxygen atoms in total. The Kier molecular flexibility index (Phi) is 3.71. The Labute approximate surface area is 121 Å². The molecule has 0 saturated carbocycles. The predicted molar refractivity (Wildman–Crippen MR) is 78.1 cm³/mol. The summed E-state index contributed by atoms with van der Waals surface area (Å²) in [6, 6.07) is 10.8. The third-order valence-corrected chi connectivity index (χ3v) is 3.52. The van der Waals surface area contributed by atoms with Crippen molar-refractivity contribution in [3.8, 4) is 0 Å². The number of benzene rings is 2. The Bertz CT molecular complexity index is 746.